The molecule has 0 spiro atoms. The predicted octanol–water partition coefficient (Wildman–Crippen LogP) is -0.364. The summed E-state index contributed by atoms with van der Waals surface area (Å²) in [4.78, 5) is 34.4. The van der Waals surface area contributed by atoms with Crippen LogP contribution in [0.25, 0.3) is 11.3 Å². The van der Waals surface area contributed by atoms with Crippen molar-refractivity contribution in [3.05, 3.63) is 28.3 Å². The van der Waals surface area contributed by atoms with Gasteiger partial charge in [0, 0.05) is 12.4 Å². The van der Waals surface area contributed by atoms with Crippen LogP contribution in [-0.2, 0) is 20.8 Å². The summed E-state index contributed by atoms with van der Waals surface area (Å²) in [6.07, 6.45) is 2.80. The monoisotopic (exact) mass is 265 g/mol. The molecular formula is C11H11N3O5. The van der Waals surface area contributed by atoms with Gasteiger partial charge in [0.15, 0.2) is 0 Å². The highest BCUT2D eigenvalue weighted by Gasteiger charge is 2.22. The summed E-state index contributed by atoms with van der Waals surface area (Å²) >= 11 is 0. The summed E-state index contributed by atoms with van der Waals surface area (Å²) in [6, 6.07) is 0. The quantitative estimate of drug-likeness (QED) is 0.760. The van der Waals surface area contributed by atoms with Gasteiger partial charge in [-0.05, 0) is 0 Å². The summed E-state index contributed by atoms with van der Waals surface area (Å²) in [5.74, 6) is -1.15. The van der Waals surface area contributed by atoms with Crippen molar-refractivity contribution in [2.75, 3.05) is 14.2 Å². The van der Waals surface area contributed by atoms with Gasteiger partial charge in [-0.1, -0.05) is 0 Å². The van der Waals surface area contributed by atoms with E-state index in [0.29, 0.717) is 0 Å². The molecule has 0 aromatic heterocycles. The van der Waals surface area contributed by atoms with Crippen LogP contribution in [-0.4, -0.2) is 40.9 Å². The third kappa shape index (κ3) is 2.32. The van der Waals surface area contributed by atoms with Gasteiger partial charge in [0.05, 0.1) is 19.8 Å². The number of ether oxygens (including phenoxy) is 2. The molecule has 2 rings (SSSR count). The maximum absolute atomic E-state index is 11.6. The smallest absolute Gasteiger partial charge is 0.341 e. The molecule has 0 aromatic rings. The number of esters is 2. The van der Waals surface area contributed by atoms with Crippen LogP contribution in [0.4, 0.5) is 0 Å². The molecule has 0 bridgehead atoms. The zero-order chi connectivity index (χ0) is 14.0. The summed E-state index contributed by atoms with van der Waals surface area (Å²) < 4.78 is 10.5. The van der Waals surface area contributed by atoms with Crippen LogP contribution >= 0.6 is 0 Å². The van der Waals surface area contributed by atoms with E-state index in [1.54, 1.807) is 0 Å². The minimum atomic E-state index is -0.643. The molecule has 0 aromatic carbocycles. The molecule has 0 fully saturated rings. The Morgan fingerprint density at radius 1 is 1.32 bits per heavy atom. The summed E-state index contributed by atoms with van der Waals surface area (Å²) in [5, 5.41) is 6.01. The van der Waals surface area contributed by atoms with Gasteiger partial charge in [-0.2, -0.15) is 5.10 Å². The van der Waals surface area contributed by atoms with Crippen molar-refractivity contribution in [3.8, 4) is 11.3 Å². The third-order valence-corrected chi connectivity index (χ3v) is 2.56. The fraction of sp³-hybridized carbons (Fsp3) is 0.273. The maximum Gasteiger partial charge on any atom is 0.341 e. The van der Waals surface area contributed by atoms with Crippen LogP contribution in [0.15, 0.2) is 17.2 Å². The first-order valence-corrected chi connectivity index (χ1v) is 5.30. The molecule has 0 saturated carbocycles. The fourth-order valence-corrected chi connectivity index (χ4v) is 1.65. The van der Waals surface area contributed by atoms with Gasteiger partial charge in [-0.3, -0.25) is 9.59 Å². The highest BCUT2D eigenvalue weighted by molar-refractivity contribution is 5.96. The Morgan fingerprint density at radius 2 is 2.05 bits per heavy atom. The second-order valence-electron chi connectivity index (χ2n) is 3.73. The summed E-state index contributed by atoms with van der Waals surface area (Å²) in [7, 11) is 2.47. The number of carbonyl (C=O) groups excluding carboxylic acids is 2. The normalized spacial score (nSPS) is 10.4. The van der Waals surface area contributed by atoms with E-state index in [9.17, 15) is 14.4 Å². The number of carbonyl (C=O) groups is 2. The zero-order valence-electron chi connectivity index (χ0n) is 10.3. The number of methoxy groups -OCH3 is 2. The van der Waals surface area contributed by atoms with Crippen LogP contribution in [0.5, 0.6) is 0 Å². The van der Waals surface area contributed by atoms with Crippen LogP contribution in [0, 0.1) is 0 Å². The number of pyridine rings is 1. The number of aromatic amines is 1. The van der Waals surface area contributed by atoms with Crippen molar-refractivity contribution in [1.29, 1.82) is 0 Å². The van der Waals surface area contributed by atoms with Gasteiger partial charge in [-0.25, -0.2) is 9.89 Å². The van der Waals surface area contributed by atoms with Crippen molar-refractivity contribution in [2.45, 2.75) is 6.54 Å². The molecule has 2 aliphatic rings. The minimum Gasteiger partial charge on any atom is -0.468 e. The standard InChI is InChI=1S/C11H11N3O5/c1-18-8(15)5-14-3-6-9(12-13-10(6)16)7(4-14)11(17)19-2/h3-4H,5H2,1-2H3,(H,13,16). The second kappa shape index (κ2) is 4.92. The number of hydrogen-bond acceptors (Lipinski definition) is 6. The molecule has 0 unspecified atom stereocenters. The topological polar surface area (TPSA) is 103 Å². The highest BCUT2D eigenvalue weighted by Crippen LogP contribution is 2.20. The zero-order valence-corrected chi connectivity index (χ0v) is 10.3. The molecule has 0 radical (unpaired) electrons. The predicted molar refractivity (Wildman–Crippen MR) is 62.8 cm³/mol. The van der Waals surface area contributed by atoms with E-state index < -0.39 is 17.5 Å². The Bertz CT molecular complexity index is 657. The first-order chi connectivity index (χ1) is 9.06. The Morgan fingerprint density at radius 3 is 2.68 bits per heavy atom. The van der Waals surface area contributed by atoms with E-state index in [2.05, 4.69) is 19.7 Å². The van der Waals surface area contributed by atoms with E-state index in [1.807, 2.05) is 0 Å². The van der Waals surface area contributed by atoms with Gasteiger partial charge >= 0.3 is 11.9 Å². The van der Waals surface area contributed by atoms with Crippen LogP contribution in [0.2, 0.25) is 0 Å². The Labute approximate surface area is 107 Å². The lowest BCUT2D eigenvalue weighted by Gasteiger charge is -2.10. The third-order valence-electron chi connectivity index (χ3n) is 2.56. The first-order valence-electron chi connectivity index (χ1n) is 5.30. The average Bonchev–Trinajstić information content (AvgIpc) is 2.78. The van der Waals surface area contributed by atoms with Gasteiger partial charge in [0.1, 0.15) is 17.8 Å². The highest BCUT2D eigenvalue weighted by atomic mass is 16.5. The van der Waals surface area contributed by atoms with Crippen molar-refractivity contribution < 1.29 is 19.1 Å². The molecule has 0 atom stereocenters. The maximum atomic E-state index is 11.6. The Hall–Kier alpha value is -2.64. The molecule has 0 amide bonds. The molecule has 2 heterocycles. The van der Waals surface area contributed by atoms with Crippen molar-refractivity contribution in [3.63, 3.8) is 0 Å². The van der Waals surface area contributed by atoms with Crippen LogP contribution in [0.1, 0.15) is 10.4 Å². The number of rotatable bonds is 3. The molecule has 8 heteroatoms. The van der Waals surface area contributed by atoms with Crippen LogP contribution in [0.3, 0.4) is 0 Å². The minimum absolute atomic E-state index is 0.0993. The molecule has 2 aliphatic heterocycles. The molecule has 8 nitrogen and oxygen atoms in total. The van der Waals surface area contributed by atoms with Gasteiger partial charge in [0.2, 0.25) is 0 Å². The first kappa shape index (κ1) is 12.8. The van der Waals surface area contributed by atoms with Crippen molar-refractivity contribution in [2.24, 2.45) is 0 Å². The molecule has 0 aliphatic carbocycles. The molecule has 0 saturated heterocycles. The Balaban J connectivity index is 2.57. The largest absolute Gasteiger partial charge is 0.468 e. The van der Waals surface area contributed by atoms with E-state index >= 15 is 0 Å². The van der Waals surface area contributed by atoms with Gasteiger partial charge in [0.25, 0.3) is 5.56 Å². The van der Waals surface area contributed by atoms with Crippen LogP contribution < -0.4 is 5.56 Å². The number of fused-ring (bicyclic) bond motifs is 1. The number of hydrogen-bond donors (Lipinski definition) is 1. The lowest BCUT2D eigenvalue weighted by Crippen LogP contribution is -2.16. The number of nitrogens with one attached hydrogen (secondary N) is 1. The van der Waals surface area contributed by atoms with Crippen molar-refractivity contribution in [1.82, 2.24) is 14.8 Å². The molecule has 19 heavy (non-hydrogen) atoms. The number of nitrogens with zero attached hydrogens (tertiary/aromatic N) is 2. The summed E-state index contributed by atoms with van der Waals surface area (Å²) in [6.45, 7) is -0.124. The number of H-pyrrole nitrogens is 1. The number of aromatic nitrogens is 3. The molecular weight excluding hydrogens is 254 g/mol. The lowest BCUT2D eigenvalue weighted by molar-refractivity contribution is -0.141. The summed E-state index contributed by atoms with van der Waals surface area (Å²) in [5.41, 5.74) is 0.0615. The second-order valence-corrected chi connectivity index (χ2v) is 3.73. The average molecular weight is 265 g/mol. The van der Waals surface area contributed by atoms with E-state index in [1.165, 1.54) is 31.2 Å². The Kier molecular flexibility index (Phi) is 3.32. The van der Waals surface area contributed by atoms with E-state index in [4.69, 9.17) is 0 Å². The van der Waals surface area contributed by atoms with E-state index in [-0.39, 0.29) is 23.4 Å². The lowest BCUT2D eigenvalue weighted by atomic mass is 10.1. The molecule has 1 N–H and O–H groups in total. The van der Waals surface area contributed by atoms with Gasteiger partial charge in [-0.15, -0.1) is 0 Å². The molecule has 100 valence electrons. The van der Waals surface area contributed by atoms with Crippen molar-refractivity contribution >= 4 is 11.9 Å². The van der Waals surface area contributed by atoms with E-state index in [0.717, 1.165) is 0 Å². The fourth-order valence-electron chi connectivity index (χ4n) is 1.65. The SMILES string of the molecule is COC(=O)Cn1cc(C(=O)OC)c2n[nH]c(=O)c-2c1. The van der Waals surface area contributed by atoms with Gasteiger partial charge < -0.3 is 14.0 Å².